The number of esters is 2. The summed E-state index contributed by atoms with van der Waals surface area (Å²) in [6.07, 6.45) is 0.496. The highest BCUT2D eigenvalue weighted by Crippen LogP contribution is 2.41. The number of nitro benzene ring substituents is 1. The van der Waals surface area contributed by atoms with E-state index in [-0.39, 0.29) is 23.9 Å². The molecule has 1 aliphatic heterocycles. The number of rotatable bonds is 7. The fourth-order valence-corrected chi connectivity index (χ4v) is 3.48. The predicted molar refractivity (Wildman–Crippen MR) is 99.5 cm³/mol. The van der Waals surface area contributed by atoms with Crippen molar-refractivity contribution in [2.24, 2.45) is 16.8 Å². The Morgan fingerprint density at radius 1 is 1.36 bits per heavy atom. The molecule has 1 aromatic carbocycles. The zero-order valence-electron chi connectivity index (χ0n) is 15.2. The van der Waals surface area contributed by atoms with E-state index in [1.807, 2.05) is 0 Å². The molecule has 0 saturated carbocycles. The third-order valence-electron chi connectivity index (χ3n) is 4.57. The molecule has 9 nitrogen and oxygen atoms in total. The number of aliphatic imine (C=N–C) groups is 1. The average molecular weight is 411 g/mol. The van der Waals surface area contributed by atoms with Crippen LogP contribution in [0.3, 0.4) is 0 Å². The molecule has 4 unspecified atom stereocenters. The maximum Gasteiger partial charge on any atom is 0.315 e. The molecule has 2 rings (SSSR count). The number of alkyl halides is 1. The fourth-order valence-electron chi connectivity index (χ4n) is 3.40. The van der Waals surface area contributed by atoms with Gasteiger partial charge in [-0.2, -0.15) is 0 Å². The van der Waals surface area contributed by atoms with Crippen LogP contribution in [0.5, 0.6) is 0 Å². The minimum Gasteiger partial charge on any atom is -0.469 e. The third-order valence-corrected chi connectivity index (χ3v) is 4.73. The number of aldehydes is 1. The number of carbonyl (C=O) groups is 3. The molecular formula is C18H19ClN2O7. The maximum absolute atomic E-state index is 12.7. The van der Waals surface area contributed by atoms with Crippen LogP contribution in [0, 0.1) is 22.0 Å². The van der Waals surface area contributed by atoms with Crippen LogP contribution in [-0.2, 0) is 23.9 Å². The summed E-state index contributed by atoms with van der Waals surface area (Å²) in [5.41, 5.74) is 0.406. The lowest BCUT2D eigenvalue weighted by atomic mass is 9.70. The number of nitrogens with zero attached hydrogens (tertiary/aromatic N) is 2. The minimum atomic E-state index is -1.14. The van der Waals surface area contributed by atoms with Gasteiger partial charge in [0.15, 0.2) is 0 Å². The van der Waals surface area contributed by atoms with Crippen molar-refractivity contribution < 1.29 is 28.8 Å². The van der Waals surface area contributed by atoms with E-state index in [0.29, 0.717) is 11.8 Å². The fraction of sp³-hybridized carbons (Fsp3) is 0.444. The van der Waals surface area contributed by atoms with E-state index in [2.05, 4.69) is 4.99 Å². The van der Waals surface area contributed by atoms with Gasteiger partial charge in [0.05, 0.1) is 23.8 Å². The SMILES string of the molecule is COC(=O)C1C(C=O)N=C(C)C(C(=O)OCCCl)C1c1cccc([N+](=O)[O-])c1. The lowest BCUT2D eigenvalue weighted by Gasteiger charge is -2.37. The normalized spacial score (nSPS) is 24.0. The first kappa shape index (κ1) is 21.5. The largest absolute Gasteiger partial charge is 0.469 e. The molecule has 0 aromatic heterocycles. The highest BCUT2D eigenvalue weighted by Gasteiger charge is 2.49. The summed E-state index contributed by atoms with van der Waals surface area (Å²) in [5.74, 6) is -4.44. The van der Waals surface area contributed by atoms with Gasteiger partial charge in [0.1, 0.15) is 24.9 Å². The average Bonchev–Trinajstić information content (AvgIpc) is 2.70. The molecule has 0 amide bonds. The summed E-state index contributed by atoms with van der Waals surface area (Å²) in [4.78, 5) is 51.5. The number of hydrogen-bond acceptors (Lipinski definition) is 8. The number of nitro groups is 1. The van der Waals surface area contributed by atoms with Gasteiger partial charge in [-0.25, -0.2) is 0 Å². The summed E-state index contributed by atoms with van der Waals surface area (Å²) in [7, 11) is 1.15. The van der Waals surface area contributed by atoms with Crippen LogP contribution in [0.4, 0.5) is 5.69 Å². The van der Waals surface area contributed by atoms with Crippen LogP contribution in [-0.4, -0.2) is 54.5 Å². The molecule has 4 atom stereocenters. The first-order valence-corrected chi connectivity index (χ1v) is 8.93. The molecule has 0 saturated heterocycles. The summed E-state index contributed by atoms with van der Waals surface area (Å²) >= 11 is 5.57. The number of halogens is 1. The standard InChI is InChI=1S/C18H19ClN2O7/c1-10-14(18(24)28-7-6-19)15(11-4-3-5-12(8-11)21(25)26)16(17(23)27-2)13(9-22)20-10/h3-5,8-9,13-16H,6-7H2,1-2H3. The molecule has 1 aromatic rings. The number of ether oxygens (including phenoxy) is 2. The Labute approximate surface area is 165 Å². The summed E-state index contributed by atoms with van der Waals surface area (Å²) < 4.78 is 9.96. The minimum absolute atomic E-state index is 0.0498. The Hall–Kier alpha value is -2.81. The second kappa shape index (κ2) is 9.41. The first-order valence-electron chi connectivity index (χ1n) is 8.40. The molecule has 0 fully saturated rings. The van der Waals surface area contributed by atoms with Gasteiger partial charge in [0.2, 0.25) is 0 Å². The molecule has 0 radical (unpaired) electrons. The Balaban J connectivity index is 2.64. The van der Waals surface area contributed by atoms with Crippen molar-refractivity contribution in [2.75, 3.05) is 19.6 Å². The Morgan fingerprint density at radius 2 is 2.07 bits per heavy atom. The van der Waals surface area contributed by atoms with Crippen LogP contribution in [0.15, 0.2) is 29.3 Å². The van der Waals surface area contributed by atoms with E-state index in [4.69, 9.17) is 21.1 Å². The number of hydrogen-bond donors (Lipinski definition) is 0. The first-order chi connectivity index (χ1) is 13.3. The number of carbonyl (C=O) groups excluding carboxylic acids is 3. The molecule has 0 spiro atoms. The molecule has 0 aliphatic carbocycles. The molecule has 0 N–H and O–H groups in total. The zero-order valence-corrected chi connectivity index (χ0v) is 16.0. The summed E-state index contributed by atoms with van der Waals surface area (Å²) in [6.45, 7) is 1.49. The van der Waals surface area contributed by atoms with E-state index in [1.54, 1.807) is 13.0 Å². The monoisotopic (exact) mass is 410 g/mol. The molecule has 1 heterocycles. The molecule has 150 valence electrons. The quantitative estimate of drug-likeness (QED) is 0.221. The van der Waals surface area contributed by atoms with Crippen LogP contribution in [0.2, 0.25) is 0 Å². The maximum atomic E-state index is 12.7. The zero-order chi connectivity index (χ0) is 20.8. The predicted octanol–water partition coefficient (Wildman–Crippen LogP) is 1.91. The van der Waals surface area contributed by atoms with Crippen LogP contribution >= 0.6 is 11.6 Å². The number of benzene rings is 1. The number of non-ortho nitro benzene ring substituents is 1. The van der Waals surface area contributed by atoms with Gasteiger partial charge in [-0.15, -0.1) is 11.6 Å². The molecule has 10 heteroatoms. The van der Waals surface area contributed by atoms with Crippen molar-refractivity contribution in [2.45, 2.75) is 18.9 Å². The van der Waals surface area contributed by atoms with E-state index in [0.717, 1.165) is 7.11 Å². The topological polar surface area (TPSA) is 125 Å². The Bertz CT molecular complexity index is 811. The number of methoxy groups -OCH3 is 1. The van der Waals surface area contributed by atoms with Crippen molar-refractivity contribution in [3.05, 3.63) is 39.9 Å². The highest BCUT2D eigenvalue weighted by molar-refractivity contribution is 6.18. The molecule has 0 bridgehead atoms. The van der Waals surface area contributed by atoms with Gasteiger partial charge in [0.25, 0.3) is 5.69 Å². The van der Waals surface area contributed by atoms with Gasteiger partial charge in [-0.05, 0) is 12.5 Å². The molecule has 28 heavy (non-hydrogen) atoms. The van der Waals surface area contributed by atoms with Gasteiger partial charge in [-0.3, -0.25) is 24.7 Å². The Morgan fingerprint density at radius 3 is 2.64 bits per heavy atom. The second-order valence-electron chi connectivity index (χ2n) is 6.16. The summed E-state index contributed by atoms with van der Waals surface area (Å²) in [6, 6.07) is 4.46. The van der Waals surface area contributed by atoms with Crippen LogP contribution in [0.25, 0.3) is 0 Å². The van der Waals surface area contributed by atoms with Gasteiger partial charge in [0, 0.05) is 23.8 Å². The van der Waals surface area contributed by atoms with Crippen molar-refractivity contribution in [3.63, 3.8) is 0 Å². The Kier molecular flexibility index (Phi) is 7.22. The smallest absolute Gasteiger partial charge is 0.315 e. The lowest BCUT2D eigenvalue weighted by molar-refractivity contribution is -0.384. The van der Waals surface area contributed by atoms with Crippen molar-refractivity contribution in [1.29, 1.82) is 0 Å². The lowest BCUT2D eigenvalue weighted by Crippen LogP contribution is -2.47. The van der Waals surface area contributed by atoms with Crippen molar-refractivity contribution in [3.8, 4) is 0 Å². The van der Waals surface area contributed by atoms with E-state index < -0.39 is 40.7 Å². The second-order valence-corrected chi connectivity index (χ2v) is 6.54. The van der Waals surface area contributed by atoms with Gasteiger partial charge in [-0.1, -0.05) is 12.1 Å². The van der Waals surface area contributed by atoms with Crippen LogP contribution < -0.4 is 0 Å². The third kappa shape index (κ3) is 4.36. The van der Waals surface area contributed by atoms with Crippen molar-refractivity contribution in [1.82, 2.24) is 0 Å². The van der Waals surface area contributed by atoms with Gasteiger partial charge < -0.3 is 14.3 Å². The molecular weight excluding hydrogens is 392 g/mol. The van der Waals surface area contributed by atoms with Crippen LogP contribution in [0.1, 0.15) is 18.4 Å². The van der Waals surface area contributed by atoms with Gasteiger partial charge >= 0.3 is 11.9 Å². The van der Waals surface area contributed by atoms with E-state index >= 15 is 0 Å². The van der Waals surface area contributed by atoms with E-state index in [9.17, 15) is 24.5 Å². The highest BCUT2D eigenvalue weighted by atomic mass is 35.5. The molecule has 1 aliphatic rings. The van der Waals surface area contributed by atoms with Crippen molar-refractivity contribution >= 4 is 41.2 Å². The summed E-state index contributed by atoms with van der Waals surface area (Å²) in [5, 5.41) is 11.2. The van der Waals surface area contributed by atoms with E-state index in [1.165, 1.54) is 18.2 Å².